The van der Waals surface area contributed by atoms with Gasteiger partial charge in [0.05, 0.1) is 10.7 Å². The van der Waals surface area contributed by atoms with Crippen molar-refractivity contribution in [1.29, 1.82) is 0 Å². The maximum Gasteiger partial charge on any atom is 0.171 e. The molecule has 11 heavy (non-hydrogen) atoms. The van der Waals surface area contributed by atoms with E-state index in [1.54, 1.807) is 0 Å². The summed E-state index contributed by atoms with van der Waals surface area (Å²) in [5.41, 5.74) is 1.38. The van der Waals surface area contributed by atoms with Gasteiger partial charge in [-0.3, -0.25) is 9.48 Å². The van der Waals surface area contributed by atoms with Gasteiger partial charge in [-0.1, -0.05) is 11.6 Å². The van der Waals surface area contributed by atoms with Crippen LogP contribution < -0.4 is 0 Å². The molecule has 0 N–H and O–H groups in total. The maximum atomic E-state index is 10.4. The lowest BCUT2D eigenvalue weighted by Gasteiger charge is -1.89. The van der Waals surface area contributed by atoms with Crippen molar-refractivity contribution in [2.24, 2.45) is 0 Å². The van der Waals surface area contributed by atoms with Crippen LogP contribution in [-0.2, 0) is 13.0 Å². The van der Waals surface area contributed by atoms with E-state index >= 15 is 0 Å². The molecule has 0 bridgehead atoms. The van der Waals surface area contributed by atoms with Crippen LogP contribution in [-0.4, -0.2) is 16.1 Å². The Balaban J connectivity index is 2.57. The molecule has 2 heterocycles. The van der Waals surface area contributed by atoms with E-state index in [1.165, 1.54) is 0 Å². The summed E-state index contributed by atoms with van der Waals surface area (Å²) in [6.45, 7) is 0.892. The average Bonchev–Trinajstić information content (AvgIpc) is 2.53. The van der Waals surface area contributed by atoms with E-state index in [2.05, 4.69) is 5.10 Å². The van der Waals surface area contributed by atoms with Crippen molar-refractivity contribution in [3.8, 4) is 0 Å². The second-order valence-electron chi connectivity index (χ2n) is 2.59. The summed E-state index contributed by atoms with van der Waals surface area (Å²) in [6.07, 6.45) is 2.73. The SMILES string of the molecule is O=Cc1nn2c(c1Cl)CCC2. The molecule has 0 radical (unpaired) electrons. The van der Waals surface area contributed by atoms with Crippen molar-refractivity contribution >= 4 is 17.9 Å². The van der Waals surface area contributed by atoms with Gasteiger partial charge in [-0.2, -0.15) is 5.10 Å². The highest BCUT2D eigenvalue weighted by Crippen LogP contribution is 2.25. The number of hydrogen-bond acceptors (Lipinski definition) is 2. The standard InChI is InChI=1S/C7H7ClN2O/c8-7-5(4-11)9-10-3-1-2-6(7)10/h4H,1-3H2. The smallest absolute Gasteiger partial charge is 0.171 e. The molecule has 4 heteroatoms. The van der Waals surface area contributed by atoms with E-state index in [-0.39, 0.29) is 0 Å². The van der Waals surface area contributed by atoms with Crippen molar-refractivity contribution < 1.29 is 4.79 Å². The van der Waals surface area contributed by atoms with Crippen molar-refractivity contribution in [2.75, 3.05) is 0 Å². The predicted molar refractivity (Wildman–Crippen MR) is 40.9 cm³/mol. The van der Waals surface area contributed by atoms with Crippen molar-refractivity contribution in [3.63, 3.8) is 0 Å². The molecule has 0 aliphatic carbocycles. The minimum absolute atomic E-state index is 0.376. The molecule has 2 rings (SSSR count). The Bertz CT molecular complexity index is 306. The van der Waals surface area contributed by atoms with E-state index in [9.17, 15) is 4.79 Å². The Kier molecular flexibility index (Phi) is 1.46. The fraction of sp³-hybridized carbons (Fsp3) is 0.429. The number of nitrogens with zero attached hydrogens (tertiary/aromatic N) is 2. The molecule has 3 nitrogen and oxygen atoms in total. The molecule has 58 valence electrons. The summed E-state index contributed by atoms with van der Waals surface area (Å²) in [4.78, 5) is 10.4. The zero-order valence-corrected chi connectivity index (χ0v) is 6.64. The lowest BCUT2D eigenvalue weighted by molar-refractivity contribution is 0.111. The molecule has 1 aliphatic heterocycles. The quantitative estimate of drug-likeness (QED) is 0.596. The Morgan fingerprint density at radius 2 is 2.45 bits per heavy atom. The van der Waals surface area contributed by atoms with Gasteiger partial charge in [-0.05, 0) is 12.8 Å². The molecule has 0 fully saturated rings. The van der Waals surface area contributed by atoms with Crippen LogP contribution in [0.15, 0.2) is 0 Å². The molecule has 1 aromatic rings. The summed E-state index contributed by atoms with van der Waals surface area (Å²) in [6, 6.07) is 0. The monoisotopic (exact) mass is 170 g/mol. The number of fused-ring (bicyclic) bond motifs is 1. The molecule has 0 unspecified atom stereocenters. The minimum atomic E-state index is 0.376. The fourth-order valence-electron chi connectivity index (χ4n) is 1.39. The van der Waals surface area contributed by atoms with Crippen LogP contribution >= 0.6 is 11.6 Å². The third kappa shape index (κ3) is 0.878. The first-order valence-electron chi connectivity index (χ1n) is 3.53. The van der Waals surface area contributed by atoms with Crippen molar-refractivity contribution in [1.82, 2.24) is 9.78 Å². The highest BCUT2D eigenvalue weighted by molar-refractivity contribution is 6.33. The average molecular weight is 171 g/mol. The van der Waals surface area contributed by atoms with Crippen molar-refractivity contribution in [3.05, 3.63) is 16.4 Å². The Morgan fingerprint density at radius 1 is 1.64 bits per heavy atom. The van der Waals surface area contributed by atoms with Crippen LogP contribution in [0.25, 0.3) is 0 Å². The van der Waals surface area contributed by atoms with E-state index in [0.29, 0.717) is 17.0 Å². The maximum absolute atomic E-state index is 10.4. The van der Waals surface area contributed by atoms with Crippen LogP contribution in [0.4, 0.5) is 0 Å². The Labute approximate surface area is 69.0 Å². The number of aldehydes is 1. The van der Waals surface area contributed by atoms with Gasteiger partial charge in [-0.25, -0.2) is 0 Å². The van der Waals surface area contributed by atoms with Crippen LogP contribution in [0, 0.1) is 0 Å². The molecule has 1 aliphatic rings. The molecule has 0 atom stereocenters. The van der Waals surface area contributed by atoms with Gasteiger partial charge in [0.2, 0.25) is 0 Å². The number of halogens is 1. The normalized spacial score (nSPS) is 15.0. The second kappa shape index (κ2) is 2.34. The Morgan fingerprint density at radius 3 is 3.09 bits per heavy atom. The first-order chi connectivity index (χ1) is 5.33. The van der Waals surface area contributed by atoms with Gasteiger partial charge in [0.15, 0.2) is 6.29 Å². The van der Waals surface area contributed by atoms with Crippen LogP contribution in [0.1, 0.15) is 22.6 Å². The highest BCUT2D eigenvalue weighted by Gasteiger charge is 2.19. The third-order valence-corrected chi connectivity index (χ3v) is 2.33. The fourth-order valence-corrected chi connectivity index (χ4v) is 1.67. The largest absolute Gasteiger partial charge is 0.296 e. The van der Waals surface area contributed by atoms with Crippen LogP contribution in [0.2, 0.25) is 5.02 Å². The zero-order valence-electron chi connectivity index (χ0n) is 5.88. The summed E-state index contributed by atoms with van der Waals surface area (Å²) >= 11 is 5.86. The first-order valence-corrected chi connectivity index (χ1v) is 3.91. The topological polar surface area (TPSA) is 34.9 Å². The summed E-state index contributed by atoms with van der Waals surface area (Å²) in [5, 5.41) is 4.56. The summed E-state index contributed by atoms with van der Waals surface area (Å²) in [5.74, 6) is 0. The number of aromatic nitrogens is 2. The van der Waals surface area contributed by atoms with E-state index in [4.69, 9.17) is 11.6 Å². The molecular weight excluding hydrogens is 164 g/mol. The van der Waals surface area contributed by atoms with E-state index in [0.717, 1.165) is 25.1 Å². The molecule has 0 saturated carbocycles. The minimum Gasteiger partial charge on any atom is -0.296 e. The first kappa shape index (κ1) is 6.85. The Hall–Kier alpha value is -0.830. The number of hydrogen-bond donors (Lipinski definition) is 0. The molecule has 0 saturated heterocycles. The molecule has 0 aromatic carbocycles. The van der Waals surface area contributed by atoms with E-state index in [1.807, 2.05) is 4.68 Å². The van der Waals surface area contributed by atoms with Crippen molar-refractivity contribution in [2.45, 2.75) is 19.4 Å². The van der Waals surface area contributed by atoms with Gasteiger partial charge in [0.25, 0.3) is 0 Å². The van der Waals surface area contributed by atoms with E-state index < -0.39 is 0 Å². The summed E-state index contributed by atoms with van der Waals surface area (Å²) < 4.78 is 1.81. The van der Waals surface area contributed by atoms with Gasteiger partial charge in [0, 0.05) is 6.54 Å². The lowest BCUT2D eigenvalue weighted by atomic mass is 10.3. The zero-order chi connectivity index (χ0) is 7.84. The molecule has 1 aromatic heterocycles. The predicted octanol–water partition coefficient (Wildman–Crippen LogP) is 1.30. The molecule has 0 spiro atoms. The molecule has 0 amide bonds. The van der Waals surface area contributed by atoms with Crippen LogP contribution in [0.3, 0.4) is 0 Å². The number of carbonyl (C=O) groups is 1. The number of aryl methyl sites for hydroxylation is 1. The second-order valence-corrected chi connectivity index (χ2v) is 2.97. The third-order valence-electron chi connectivity index (χ3n) is 1.91. The van der Waals surface area contributed by atoms with Gasteiger partial charge in [0.1, 0.15) is 5.69 Å². The van der Waals surface area contributed by atoms with Crippen LogP contribution in [0.5, 0.6) is 0 Å². The van der Waals surface area contributed by atoms with Gasteiger partial charge < -0.3 is 0 Å². The van der Waals surface area contributed by atoms with Gasteiger partial charge in [-0.15, -0.1) is 0 Å². The number of carbonyl (C=O) groups excluding carboxylic acids is 1. The number of rotatable bonds is 1. The van der Waals surface area contributed by atoms with Gasteiger partial charge >= 0.3 is 0 Å². The highest BCUT2D eigenvalue weighted by atomic mass is 35.5. The lowest BCUT2D eigenvalue weighted by Crippen LogP contribution is -1.94. The summed E-state index contributed by atoms with van der Waals surface area (Å²) in [7, 11) is 0. The molecular formula is C7H7ClN2O.